The maximum atomic E-state index is 12.1. The van der Waals surface area contributed by atoms with Crippen molar-refractivity contribution < 1.29 is 13.2 Å². The first-order valence-corrected chi connectivity index (χ1v) is 9.16. The molecule has 0 unspecified atom stereocenters. The van der Waals surface area contributed by atoms with Crippen molar-refractivity contribution in [3.05, 3.63) is 24.3 Å². The molecule has 0 heterocycles. The van der Waals surface area contributed by atoms with Gasteiger partial charge in [0, 0.05) is 18.0 Å². The van der Waals surface area contributed by atoms with E-state index in [1.54, 1.807) is 13.2 Å². The predicted molar refractivity (Wildman–Crippen MR) is 89.1 cm³/mol. The van der Waals surface area contributed by atoms with Gasteiger partial charge in [0.25, 0.3) is 0 Å². The molecule has 122 valence electrons. The summed E-state index contributed by atoms with van der Waals surface area (Å²) >= 11 is 0. The molecule has 0 radical (unpaired) electrons. The minimum Gasteiger partial charge on any atom is -0.497 e. The van der Waals surface area contributed by atoms with E-state index in [4.69, 9.17) is 10.5 Å². The number of benzene rings is 1. The van der Waals surface area contributed by atoms with E-state index < -0.39 is 14.6 Å². The zero-order valence-corrected chi connectivity index (χ0v) is 13.8. The van der Waals surface area contributed by atoms with E-state index >= 15 is 0 Å². The van der Waals surface area contributed by atoms with Gasteiger partial charge in [-0.05, 0) is 25.0 Å². The number of nitrogens with zero attached hydrogens (tertiary/aromatic N) is 1. The molecule has 6 nitrogen and oxygen atoms in total. The molecule has 1 aromatic carbocycles. The maximum Gasteiger partial charge on any atom is 0.193 e. The van der Waals surface area contributed by atoms with E-state index in [0.717, 1.165) is 18.5 Å². The van der Waals surface area contributed by atoms with Crippen LogP contribution in [0.4, 0.5) is 5.69 Å². The number of nitrogens with two attached hydrogens (primary N) is 1. The number of sulfone groups is 1. The van der Waals surface area contributed by atoms with Crippen LogP contribution in [0.25, 0.3) is 0 Å². The fourth-order valence-electron chi connectivity index (χ4n) is 2.78. The summed E-state index contributed by atoms with van der Waals surface area (Å²) in [5.41, 5.74) is 6.63. The molecule has 1 saturated carbocycles. The molecule has 22 heavy (non-hydrogen) atoms. The lowest BCUT2D eigenvalue weighted by Crippen LogP contribution is -2.39. The van der Waals surface area contributed by atoms with E-state index in [2.05, 4.69) is 10.3 Å². The quantitative estimate of drug-likeness (QED) is 0.636. The highest BCUT2D eigenvalue weighted by molar-refractivity contribution is 7.92. The highest BCUT2D eigenvalue weighted by Gasteiger charge is 2.43. The summed E-state index contributed by atoms with van der Waals surface area (Å²) in [7, 11) is -1.56. The van der Waals surface area contributed by atoms with Crippen molar-refractivity contribution in [2.24, 2.45) is 10.7 Å². The number of hydrogen-bond donors (Lipinski definition) is 2. The van der Waals surface area contributed by atoms with Crippen LogP contribution in [-0.4, -0.2) is 39.0 Å². The van der Waals surface area contributed by atoms with E-state index in [-0.39, 0.29) is 12.5 Å². The minimum absolute atomic E-state index is 0.203. The second kappa shape index (κ2) is 6.56. The SMILES string of the molecule is COc1cccc(NC(N)=NCC2(S(C)(=O)=O)CCCC2)c1. The third-order valence-corrected chi connectivity index (χ3v) is 6.29. The normalized spacial score (nSPS) is 18.2. The summed E-state index contributed by atoms with van der Waals surface area (Å²) in [6, 6.07) is 7.30. The molecule has 0 aliphatic heterocycles. The Balaban J connectivity index is 2.08. The highest BCUT2D eigenvalue weighted by Crippen LogP contribution is 2.36. The van der Waals surface area contributed by atoms with Crippen molar-refractivity contribution in [3.8, 4) is 5.75 Å². The number of aliphatic imine (C=N–C) groups is 1. The zero-order valence-electron chi connectivity index (χ0n) is 13.0. The zero-order chi connectivity index (χ0) is 16.2. The summed E-state index contributed by atoms with van der Waals surface area (Å²) < 4.78 is 28.5. The topological polar surface area (TPSA) is 93.8 Å². The first kappa shape index (κ1) is 16.6. The number of nitrogens with one attached hydrogen (secondary N) is 1. The lowest BCUT2D eigenvalue weighted by Gasteiger charge is -2.24. The molecule has 0 spiro atoms. The molecule has 2 rings (SSSR count). The van der Waals surface area contributed by atoms with Crippen LogP contribution in [0.2, 0.25) is 0 Å². The first-order chi connectivity index (χ1) is 10.4. The average molecular weight is 325 g/mol. The molecule has 1 aliphatic carbocycles. The Labute approximate surface area is 131 Å². The third kappa shape index (κ3) is 3.71. The Morgan fingerprint density at radius 1 is 1.41 bits per heavy atom. The van der Waals surface area contributed by atoms with Crippen LogP contribution in [0.3, 0.4) is 0 Å². The summed E-state index contributed by atoms with van der Waals surface area (Å²) in [4.78, 5) is 4.26. The summed E-state index contributed by atoms with van der Waals surface area (Å²) in [6.45, 7) is 0.203. The van der Waals surface area contributed by atoms with Crippen molar-refractivity contribution >= 4 is 21.5 Å². The maximum absolute atomic E-state index is 12.1. The standard InChI is InChI=1S/C15H23N3O3S/c1-21-13-7-5-6-12(10-13)18-14(16)17-11-15(22(2,19)20)8-3-4-9-15/h5-7,10H,3-4,8-9,11H2,1-2H3,(H3,16,17,18). The van der Waals surface area contributed by atoms with Gasteiger partial charge in [-0.2, -0.15) is 0 Å². The number of guanidine groups is 1. The van der Waals surface area contributed by atoms with E-state index in [9.17, 15) is 8.42 Å². The Kier molecular flexibility index (Phi) is 4.95. The van der Waals surface area contributed by atoms with Gasteiger partial charge in [0.15, 0.2) is 15.8 Å². The van der Waals surface area contributed by atoms with E-state index in [1.165, 1.54) is 6.26 Å². The van der Waals surface area contributed by atoms with Gasteiger partial charge in [-0.1, -0.05) is 18.9 Å². The van der Waals surface area contributed by atoms with Gasteiger partial charge in [0.05, 0.1) is 18.4 Å². The third-order valence-electron chi connectivity index (χ3n) is 4.18. The van der Waals surface area contributed by atoms with Gasteiger partial charge in [-0.15, -0.1) is 0 Å². The van der Waals surface area contributed by atoms with E-state index in [1.807, 2.05) is 18.2 Å². The lowest BCUT2D eigenvalue weighted by molar-refractivity contribution is 0.415. The highest BCUT2D eigenvalue weighted by atomic mass is 32.2. The molecular weight excluding hydrogens is 302 g/mol. The molecule has 0 amide bonds. The minimum atomic E-state index is -3.15. The van der Waals surface area contributed by atoms with Crippen LogP contribution < -0.4 is 15.8 Å². The van der Waals surface area contributed by atoms with Crippen molar-refractivity contribution in [2.75, 3.05) is 25.2 Å². The number of methoxy groups -OCH3 is 1. The molecule has 1 aromatic rings. The second-order valence-electron chi connectivity index (χ2n) is 5.72. The fourth-order valence-corrected chi connectivity index (χ4v) is 4.11. The van der Waals surface area contributed by atoms with Crippen molar-refractivity contribution in [3.63, 3.8) is 0 Å². The van der Waals surface area contributed by atoms with Crippen LogP contribution in [0.15, 0.2) is 29.3 Å². The molecule has 0 atom stereocenters. The van der Waals surface area contributed by atoms with Crippen molar-refractivity contribution in [1.29, 1.82) is 0 Å². The van der Waals surface area contributed by atoms with Crippen LogP contribution in [0.5, 0.6) is 5.75 Å². The molecule has 0 aromatic heterocycles. The van der Waals surface area contributed by atoms with E-state index in [0.29, 0.717) is 18.6 Å². The molecule has 0 bridgehead atoms. The van der Waals surface area contributed by atoms with Crippen molar-refractivity contribution in [2.45, 2.75) is 30.4 Å². The van der Waals surface area contributed by atoms with Crippen LogP contribution in [-0.2, 0) is 9.84 Å². The van der Waals surface area contributed by atoms with Gasteiger partial charge >= 0.3 is 0 Å². The number of ether oxygens (including phenoxy) is 1. The van der Waals surface area contributed by atoms with Gasteiger partial charge < -0.3 is 15.8 Å². The number of hydrogen-bond acceptors (Lipinski definition) is 4. The number of anilines is 1. The molecular formula is C15H23N3O3S. The average Bonchev–Trinajstić information content (AvgIpc) is 2.95. The smallest absolute Gasteiger partial charge is 0.193 e. The fraction of sp³-hybridized carbons (Fsp3) is 0.533. The largest absolute Gasteiger partial charge is 0.497 e. The van der Waals surface area contributed by atoms with Gasteiger partial charge in [0.1, 0.15) is 5.75 Å². The summed E-state index contributed by atoms with van der Waals surface area (Å²) in [6.07, 6.45) is 4.45. The lowest BCUT2D eigenvalue weighted by atomic mass is 10.1. The van der Waals surface area contributed by atoms with Gasteiger partial charge in [-0.3, -0.25) is 4.99 Å². The first-order valence-electron chi connectivity index (χ1n) is 7.27. The summed E-state index contributed by atoms with van der Waals surface area (Å²) in [5, 5.41) is 2.96. The van der Waals surface area contributed by atoms with Gasteiger partial charge in [0.2, 0.25) is 0 Å². The van der Waals surface area contributed by atoms with Crippen LogP contribution in [0.1, 0.15) is 25.7 Å². The molecule has 1 fully saturated rings. The Hall–Kier alpha value is -1.76. The molecule has 1 aliphatic rings. The second-order valence-corrected chi connectivity index (χ2v) is 8.13. The van der Waals surface area contributed by atoms with Gasteiger partial charge in [-0.25, -0.2) is 8.42 Å². The predicted octanol–water partition coefficient (Wildman–Crippen LogP) is 1.78. The molecule has 0 saturated heterocycles. The molecule has 7 heteroatoms. The Morgan fingerprint density at radius 3 is 2.68 bits per heavy atom. The van der Waals surface area contributed by atoms with Crippen LogP contribution >= 0.6 is 0 Å². The monoisotopic (exact) mass is 325 g/mol. The van der Waals surface area contributed by atoms with Crippen molar-refractivity contribution in [1.82, 2.24) is 0 Å². The van der Waals surface area contributed by atoms with Crippen LogP contribution in [0, 0.1) is 0 Å². The number of rotatable bonds is 5. The molecule has 3 N–H and O–H groups in total. The Morgan fingerprint density at radius 2 is 2.09 bits per heavy atom. The summed E-state index contributed by atoms with van der Waals surface area (Å²) in [5.74, 6) is 0.921. The Bertz CT molecular complexity index is 650.